The van der Waals surface area contributed by atoms with E-state index >= 15 is 0 Å². The van der Waals surface area contributed by atoms with Gasteiger partial charge in [0.2, 0.25) is 5.88 Å². The zero-order chi connectivity index (χ0) is 13.5. The zero-order valence-corrected chi connectivity index (χ0v) is 10.3. The van der Waals surface area contributed by atoms with E-state index in [9.17, 15) is 4.79 Å². The van der Waals surface area contributed by atoms with Gasteiger partial charge in [-0.15, -0.1) is 0 Å². The van der Waals surface area contributed by atoms with Gasteiger partial charge >= 0.3 is 0 Å². The highest BCUT2D eigenvalue weighted by molar-refractivity contribution is 5.98. The van der Waals surface area contributed by atoms with E-state index in [4.69, 9.17) is 21.0 Å². The normalized spacial score (nSPS) is 19.4. The standard InChI is InChI=1S/C13H15N3O2/c1-2-18-13(16)11(8-15)10(7-14)9-5-3-4-6-12(9)17/h2-6,16H2,1H3/b10-9-,13-11-. The molecule has 1 saturated carbocycles. The van der Waals surface area contributed by atoms with Crippen LogP contribution in [0.5, 0.6) is 0 Å². The van der Waals surface area contributed by atoms with Crippen LogP contribution in [0.1, 0.15) is 32.6 Å². The Bertz CT molecular complexity index is 489. The summed E-state index contributed by atoms with van der Waals surface area (Å²) in [5, 5.41) is 18.2. The van der Waals surface area contributed by atoms with Crippen LogP contribution in [0.15, 0.2) is 22.6 Å². The highest BCUT2D eigenvalue weighted by Crippen LogP contribution is 2.26. The first-order chi connectivity index (χ1) is 8.65. The molecule has 0 radical (unpaired) electrons. The second-order valence-electron chi connectivity index (χ2n) is 3.88. The number of ketones is 1. The molecule has 2 N–H and O–H groups in total. The molecule has 0 aliphatic heterocycles. The summed E-state index contributed by atoms with van der Waals surface area (Å²) in [4.78, 5) is 11.8. The van der Waals surface area contributed by atoms with E-state index in [-0.39, 0.29) is 22.8 Å². The average Bonchev–Trinajstić information content (AvgIpc) is 2.37. The van der Waals surface area contributed by atoms with Crippen molar-refractivity contribution in [2.45, 2.75) is 32.6 Å². The molecule has 0 amide bonds. The Balaban J connectivity index is 3.28. The maximum Gasteiger partial charge on any atom is 0.203 e. The van der Waals surface area contributed by atoms with E-state index in [1.165, 1.54) is 0 Å². The molecule has 1 aliphatic carbocycles. The number of nitrogens with zero attached hydrogens (tertiary/aromatic N) is 2. The molecule has 0 spiro atoms. The lowest BCUT2D eigenvalue weighted by Gasteiger charge is -2.15. The zero-order valence-electron chi connectivity index (χ0n) is 10.3. The van der Waals surface area contributed by atoms with Crippen LogP contribution in [0.4, 0.5) is 0 Å². The highest BCUT2D eigenvalue weighted by Gasteiger charge is 2.23. The van der Waals surface area contributed by atoms with Crippen LogP contribution in [0.3, 0.4) is 0 Å². The number of Topliss-reactive ketones (excluding diaryl/α,β-unsaturated/α-hetero) is 1. The number of rotatable bonds is 3. The van der Waals surface area contributed by atoms with Gasteiger partial charge in [-0.2, -0.15) is 10.5 Å². The Kier molecular flexibility index (Phi) is 4.95. The Morgan fingerprint density at radius 1 is 1.33 bits per heavy atom. The average molecular weight is 245 g/mol. The summed E-state index contributed by atoms with van der Waals surface area (Å²) in [6.07, 6.45) is 2.62. The fraction of sp³-hybridized carbons (Fsp3) is 0.462. The Hall–Kier alpha value is -2.27. The van der Waals surface area contributed by atoms with Crippen LogP contribution in [-0.2, 0) is 9.53 Å². The summed E-state index contributed by atoms with van der Waals surface area (Å²) >= 11 is 0. The number of carbonyl (C=O) groups is 1. The smallest absolute Gasteiger partial charge is 0.203 e. The molecule has 5 heteroatoms. The van der Waals surface area contributed by atoms with Crippen LogP contribution in [0.25, 0.3) is 0 Å². The predicted molar refractivity (Wildman–Crippen MR) is 64.6 cm³/mol. The van der Waals surface area contributed by atoms with Crippen LogP contribution in [-0.4, -0.2) is 12.4 Å². The first kappa shape index (κ1) is 13.8. The molecular weight excluding hydrogens is 230 g/mol. The third kappa shape index (κ3) is 2.89. The number of allylic oxidation sites excluding steroid dienone is 3. The molecule has 0 bridgehead atoms. The van der Waals surface area contributed by atoms with Gasteiger partial charge in [0.15, 0.2) is 5.78 Å². The topological polar surface area (TPSA) is 99.9 Å². The number of hydrogen-bond acceptors (Lipinski definition) is 5. The van der Waals surface area contributed by atoms with E-state index < -0.39 is 0 Å². The molecule has 0 aromatic carbocycles. The third-order valence-electron chi connectivity index (χ3n) is 2.74. The molecule has 0 saturated heterocycles. The number of nitrogens with two attached hydrogens (primary N) is 1. The quantitative estimate of drug-likeness (QED) is 0.463. The van der Waals surface area contributed by atoms with E-state index in [2.05, 4.69) is 0 Å². The minimum absolute atomic E-state index is 0.0374. The first-order valence-electron chi connectivity index (χ1n) is 5.85. The van der Waals surface area contributed by atoms with Crippen molar-refractivity contribution in [3.05, 3.63) is 22.6 Å². The minimum Gasteiger partial charge on any atom is -0.479 e. The molecule has 0 aromatic heterocycles. The van der Waals surface area contributed by atoms with Crippen LogP contribution in [0, 0.1) is 22.7 Å². The first-order valence-corrected chi connectivity index (χ1v) is 5.85. The lowest BCUT2D eigenvalue weighted by atomic mass is 9.88. The summed E-state index contributed by atoms with van der Waals surface area (Å²) in [5.41, 5.74) is 6.04. The second-order valence-corrected chi connectivity index (χ2v) is 3.88. The minimum atomic E-state index is -0.0950. The molecule has 1 rings (SSSR count). The molecule has 0 heterocycles. The number of carbonyl (C=O) groups excluding carboxylic acids is 1. The van der Waals surface area contributed by atoms with E-state index in [0.29, 0.717) is 25.0 Å². The molecule has 1 fully saturated rings. The van der Waals surface area contributed by atoms with Crippen molar-refractivity contribution in [1.29, 1.82) is 10.5 Å². The molecule has 18 heavy (non-hydrogen) atoms. The van der Waals surface area contributed by atoms with Crippen molar-refractivity contribution >= 4 is 5.78 Å². The maximum atomic E-state index is 11.8. The molecular formula is C13H15N3O2. The van der Waals surface area contributed by atoms with Gasteiger partial charge < -0.3 is 10.5 Å². The van der Waals surface area contributed by atoms with Crippen LogP contribution < -0.4 is 5.73 Å². The van der Waals surface area contributed by atoms with E-state index in [1.54, 1.807) is 6.92 Å². The highest BCUT2D eigenvalue weighted by atomic mass is 16.5. The number of ether oxygens (including phenoxy) is 1. The second kappa shape index (κ2) is 6.46. The van der Waals surface area contributed by atoms with Crippen LogP contribution in [0.2, 0.25) is 0 Å². The van der Waals surface area contributed by atoms with Gasteiger partial charge in [-0.25, -0.2) is 0 Å². The fourth-order valence-corrected chi connectivity index (χ4v) is 1.88. The summed E-state index contributed by atoms with van der Waals surface area (Å²) in [6.45, 7) is 2.03. The van der Waals surface area contributed by atoms with Crippen molar-refractivity contribution in [2.24, 2.45) is 5.73 Å². The van der Waals surface area contributed by atoms with Crippen molar-refractivity contribution in [3.8, 4) is 12.1 Å². The predicted octanol–water partition coefficient (Wildman–Crippen LogP) is 1.68. The van der Waals surface area contributed by atoms with E-state index in [1.807, 2.05) is 12.1 Å². The summed E-state index contributed by atoms with van der Waals surface area (Å²) < 4.78 is 5.04. The van der Waals surface area contributed by atoms with Crippen molar-refractivity contribution in [2.75, 3.05) is 6.61 Å². The number of hydrogen-bond donors (Lipinski definition) is 1. The lowest BCUT2D eigenvalue weighted by molar-refractivity contribution is -0.116. The molecule has 1 aliphatic rings. The summed E-state index contributed by atoms with van der Waals surface area (Å²) in [6, 6.07) is 3.76. The van der Waals surface area contributed by atoms with Gasteiger partial charge in [-0.3, -0.25) is 4.79 Å². The van der Waals surface area contributed by atoms with Gasteiger partial charge in [0.25, 0.3) is 0 Å². The summed E-state index contributed by atoms with van der Waals surface area (Å²) in [7, 11) is 0. The lowest BCUT2D eigenvalue weighted by Crippen LogP contribution is -2.14. The van der Waals surface area contributed by atoms with Crippen LogP contribution >= 0.6 is 0 Å². The fourth-order valence-electron chi connectivity index (χ4n) is 1.88. The van der Waals surface area contributed by atoms with Crippen molar-refractivity contribution in [1.82, 2.24) is 0 Å². The molecule has 0 atom stereocenters. The summed E-state index contributed by atoms with van der Waals surface area (Å²) in [5.74, 6) is -0.169. The SMILES string of the molecule is CCO/C(N)=C(C#N)\C(C#N)=C1\CCCCC1=O. The van der Waals surface area contributed by atoms with Gasteiger partial charge in [-0.05, 0) is 26.2 Å². The van der Waals surface area contributed by atoms with Crippen molar-refractivity contribution < 1.29 is 9.53 Å². The van der Waals surface area contributed by atoms with E-state index in [0.717, 1.165) is 12.8 Å². The molecule has 5 nitrogen and oxygen atoms in total. The number of nitriles is 2. The van der Waals surface area contributed by atoms with Gasteiger partial charge in [-0.1, -0.05) is 0 Å². The molecule has 0 aromatic rings. The van der Waals surface area contributed by atoms with Gasteiger partial charge in [0.1, 0.15) is 17.7 Å². The van der Waals surface area contributed by atoms with Gasteiger partial charge in [0.05, 0.1) is 12.2 Å². The molecule has 94 valence electrons. The largest absolute Gasteiger partial charge is 0.479 e. The third-order valence-corrected chi connectivity index (χ3v) is 2.74. The molecule has 0 unspecified atom stereocenters. The Labute approximate surface area is 106 Å². The Morgan fingerprint density at radius 3 is 2.50 bits per heavy atom. The van der Waals surface area contributed by atoms with Gasteiger partial charge in [0, 0.05) is 12.0 Å². The van der Waals surface area contributed by atoms with Crippen molar-refractivity contribution in [3.63, 3.8) is 0 Å². The maximum absolute atomic E-state index is 11.8. The monoisotopic (exact) mass is 245 g/mol. The Morgan fingerprint density at radius 2 is 2.00 bits per heavy atom.